The fraction of sp³-hybridized carbons (Fsp3) is 1.00. The summed E-state index contributed by atoms with van der Waals surface area (Å²) in [6.07, 6.45) is 2.03. The van der Waals surface area contributed by atoms with E-state index in [1.807, 2.05) is 0 Å². The van der Waals surface area contributed by atoms with Gasteiger partial charge in [0.05, 0.1) is 12.6 Å². The van der Waals surface area contributed by atoms with Crippen LogP contribution in [-0.4, -0.2) is 25.8 Å². The molecule has 14 heavy (non-hydrogen) atoms. The van der Waals surface area contributed by atoms with E-state index in [9.17, 15) is 0 Å². The molecule has 0 heterocycles. The van der Waals surface area contributed by atoms with E-state index in [1.165, 1.54) is 0 Å². The molecular weight excluding hydrogens is 184 g/mol. The van der Waals surface area contributed by atoms with Crippen LogP contribution in [0.3, 0.4) is 0 Å². The van der Waals surface area contributed by atoms with E-state index < -0.39 is 6.04 Å². The lowest BCUT2D eigenvalue weighted by Gasteiger charge is -2.07. The molecule has 0 aromatic heterocycles. The van der Waals surface area contributed by atoms with Crippen LogP contribution in [0.5, 0.6) is 0 Å². The van der Waals surface area contributed by atoms with Crippen LogP contribution in [0.1, 0.15) is 19.8 Å². The predicted molar refractivity (Wildman–Crippen MR) is 52.7 cm³/mol. The molecule has 0 aliphatic carbocycles. The minimum Gasteiger partial charge on any atom is -0.381 e. The molecule has 7 heteroatoms. The van der Waals surface area contributed by atoms with Crippen molar-refractivity contribution in [3.63, 3.8) is 0 Å². The second-order valence-electron chi connectivity index (χ2n) is 2.70. The molecule has 1 atom stereocenters. The van der Waals surface area contributed by atoms with Crippen LogP contribution in [-0.2, 0) is 4.74 Å². The molecule has 0 N–H and O–H groups in total. The molecule has 78 valence electrons. The highest BCUT2D eigenvalue weighted by Crippen LogP contribution is 1.97. The Morgan fingerprint density at radius 3 is 2.71 bits per heavy atom. The van der Waals surface area contributed by atoms with Crippen molar-refractivity contribution < 1.29 is 4.74 Å². The Kier molecular flexibility index (Phi) is 8.69. The molecule has 0 amide bonds. The van der Waals surface area contributed by atoms with E-state index >= 15 is 0 Å². The van der Waals surface area contributed by atoms with E-state index in [-0.39, 0.29) is 6.54 Å². The maximum absolute atomic E-state index is 8.21. The van der Waals surface area contributed by atoms with Gasteiger partial charge in [0.15, 0.2) is 0 Å². The minimum absolute atomic E-state index is 0.146. The number of azide groups is 2. The molecule has 0 aliphatic heterocycles. The molecule has 0 fully saturated rings. The van der Waals surface area contributed by atoms with Crippen LogP contribution in [0.2, 0.25) is 0 Å². The minimum atomic E-state index is -0.396. The Labute approximate surface area is 82.3 Å². The lowest BCUT2D eigenvalue weighted by molar-refractivity contribution is 0.120. The first-order valence-corrected chi connectivity index (χ1v) is 4.48. The van der Waals surface area contributed by atoms with Crippen molar-refractivity contribution in [2.75, 3.05) is 19.8 Å². The quantitative estimate of drug-likeness (QED) is 0.254. The third kappa shape index (κ3) is 7.24. The third-order valence-corrected chi connectivity index (χ3v) is 1.52. The lowest BCUT2D eigenvalue weighted by atomic mass is 10.3. The Morgan fingerprint density at radius 1 is 1.36 bits per heavy atom. The van der Waals surface area contributed by atoms with Crippen LogP contribution < -0.4 is 0 Å². The average Bonchev–Trinajstić information content (AvgIpc) is 2.20. The molecule has 0 rings (SSSR count). The Balaban J connectivity index is 3.72. The molecule has 0 saturated heterocycles. The number of hydrogen-bond acceptors (Lipinski definition) is 3. The summed E-state index contributed by atoms with van der Waals surface area (Å²) < 4.78 is 5.24. The maximum atomic E-state index is 8.21. The van der Waals surface area contributed by atoms with Gasteiger partial charge >= 0.3 is 0 Å². The van der Waals surface area contributed by atoms with Gasteiger partial charge in [0.2, 0.25) is 0 Å². The van der Waals surface area contributed by atoms with Crippen molar-refractivity contribution in [3.8, 4) is 0 Å². The number of nitrogens with zero attached hydrogens (tertiary/aromatic N) is 6. The van der Waals surface area contributed by atoms with Crippen molar-refractivity contribution in [2.24, 2.45) is 10.2 Å². The van der Waals surface area contributed by atoms with Gasteiger partial charge in [-0.25, -0.2) is 0 Å². The SMILES string of the molecule is CCCCOCC(CN=[N+]=[N-])N=[N+]=[N-]. The number of ether oxygens (including phenoxy) is 1. The summed E-state index contributed by atoms with van der Waals surface area (Å²) in [4.78, 5) is 5.24. The molecule has 0 bridgehead atoms. The van der Waals surface area contributed by atoms with Gasteiger partial charge in [-0.15, -0.1) is 0 Å². The Bertz CT molecular complexity index is 230. The van der Waals surface area contributed by atoms with E-state index in [4.69, 9.17) is 15.8 Å². The van der Waals surface area contributed by atoms with Gasteiger partial charge in [-0.2, -0.15) is 0 Å². The molecule has 0 spiro atoms. The zero-order valence-electron chi connectivity index (χ0n) is 8.20. The van der Waals surface area contributed by atoms with Gasteiger partial charge < -0.3 is 4.74 Å². The second kappa shape index (κ2) is 9.67. The van der Waals surface area contributed by atoms with Gasteiger partial charge in [-0.1, -0.05) is 23.6 Å². The Hall–Kier alpha value is -1.42. The average molecular weight is 198 g/mol. The molecule has 0 saturated carbocycles. The number of hydrogen-bond donors (Lipinski definition) is 0. The summed E-state index contributed by atoms with van der Waals surface area (Å²) >= 11 is 0. The van der Waals surface area contributed by atoms with Crippen LogP contribution in [0.4, 0.5) is 0 Å². The fourth-order valence-corrected chi connectivity index (χ4v) is 0.792. The third-order valence-electron chi connectivity index (χ3n) is 1.52. The lowest BCUT2D eigenvalue weighted by Crippen LogP contribution is -2.16. The van der Waals surface area contributed by atoms with Crippen LogP contribution in [0.25, 0.3) is 20.9 Å². The van der Waals surface area contributed by atoms with Crippen molar-refractivity contribution in [3.05, 3.63) is 20.9 Å². The molecule has 0 aromatic carbocycles. The zero-order valence-corrected chi connectivity index (χ0v) is 8.20. The summed E-state index contributed by atoms with van der Waals surface area (Å²) in [5, 5.41) is 6.78. The molecule has 0 radical (unpaired) electrons. The van der Waals surface area contributed by atoms with Gasteiger partial charge in [0, 0.05) is 23.0 Å². The predicted octanol–water partition coefficient (Wildman–Crippen LogP) is 2.79. The van der Waals surface area contributed by atoms with E-state index in [2.05, 4.69) is 27.0 Å². The smallest absolute Gasteiger partial charge is 0.0663 e. The van der Waals surface area contributed by atoms with Crippen molar-refractivity contribution in [1.29, 1.82) is 0 Å². The maximum Gasteiger partial charge on any atom is 0.0663 e. The summed E-state index contributed by atoms with van der Waals surface area (Å²) in [6, 6.07) is -0.396. The first kappa shape index (κ1) is 12.6. The standard InChI is InChI=1S/C7H14N6O/c1-2-3-4-14-6-7(11-13-9)5-10-12-8/h7H,2-6H2,1H3. The summed E-state index contributed by atoms with van der Waals surface area (Å²) in [5.41, 5.74) is 16.3. The molecule has 7 nitrogen and oxygen atoms in total. The van der Waals surface area contributed by atoms with Gasteiger partial charge in [-0.3, -0.25) is 0 Å². The summed E-state index contributed by atoms with van der Waals surface area (Å²) in [7, 11) is 0. The monoisotopic (exact) mass is 198 g/mol. The van der Waals surface area contributed by atoms with Gasteiger partial charge in [0.25, 0.3) is 0 Å². The van der Waals surface area contributed by atoms with Gasteiger partial charge in [0.1, 0.15) is 0 Å². The van der Waals surface area contributed by atoms with Gasteiger partial charge in [-0.05, 0) is 17.5 Å². The van der Waals surface area contributed by atoms with Crippen molar-refractivity contribution in [2.45, 2.75) is 25.8 Å². The van der Waals surface area contributed by atoms with Crippen molar-refractivity contribution >= 4 is 0 Å². The normalized spacial score (nSPS) is 11.2. The highest BCUT2D eigenvalue weighted by atomic mass is 16.5. The van der Waals surface area contributed by atoms with E-state index in [0.29, 0.717) is 13.2 Å². The highest BCUT2D eigenvalue weighted by molar-refractivity contribution is 4.69. The van der Waals surface area contributed by atoms with E-state index in [1.54, 1.807) is 0 Å². The fourth-order valence-electron chi connectivity index (χ4n) is 0.792. The highest BCUT2D eigenvalue weighted by Gasteiger charge is 2.04. The molecular formula is C7H14N6O. The van der Waals surface area contributed by atoms with Crippen LogP contribution >= 0.6 is 0 Å². The van der Waals surface area contributed by atoms with Crippen LogP contribution in [0.15, 0.2) is 10.2 Å². The first-order chi connectivity index (χ1) is 6.85. The zero-order chi connectivity index (χ0) is 10.6. The molecule has 0 aliphatic rings. The first-order valence-electron chi connectivity index (χ1n) is 4.48. The van der Waals surface area contributed by atoms with Crippen LogP contribution in [0, 0.1) is 0 Å². The summed E-state index contributed by atoms with van der Waals surface area (Å²) in [5.74, 6) is 0. The number of unbranched alkanes of at least 4 members (excludes halogenated alkanes) is 1. The largest absolute Gasteiger partial charge is 0.381 e. The topological polar surface area (TPSA) is 107 Å². The summed E-state index contributed by atoms with van der Waals surface area (Å²) in [6.45, 7) is 3.16. The number of rotatable bonds is 8. The van der Waals surface area contributed by atoms with E-state index in [0.717, 1.165) is 12.8 Å². The molecule has 0 aromatic rings. The Morgan fingerprint density at radius 2 is 2.14 bits per heavy atom. The molecule has 1 unspecified atom stereocenters. The second-order valence-corrected chi connectivity index (χ2v) is 2.70. The van der Waals surface area contributed by atoms with Crippen molar-refractivity contribution in [1.82, 2.24) is 0 Å².